The van der Waals surface area contributed by atoms with Crippen molar-refractivity contribution in [3.8, 4) is 0 Å². The standard InChI is InChI=1S/C9H21N/c1-5-6-7-8-9(2)10(3)4/h9H,5-8H2,1-4H3. The molecule has 0 N–H and O–H groups in total. The Morgan fingerprint density at radius 2 is 1.80 bits per heavy atom. The lowest BCUT2D eigenvalue weighted by atomic mass is 10.1. The van der Waals surface area contributed by atoms with E-state index in [1.807, 2.05) is 0 Å². The molecule has 0 aliphatic carbocycles. The first-order valence-electron chi connectivity index (χ1n) is 4.35. The molecule has 1 heteroatoms. The Labute approximate surface area is 65.4 Å². The first kappa shape index (κ1) is 9.96. The molecule has 0 fully saturated rings. The third kappa shape index (κ3) is 4.80. The number of unbranched alkanes of at least 4 members (excludes halogenated alkanes) is 2. The molecule has 0 aliphatic rings. The van der Waals surface area contributed by atoms with Crippen molar-refractivity contribution in [2.75, 3.05) is 14.1 Å². The summed E-state index contributed by atoms with van der Waals surface area (Å²) in [5, 5.41) is 0. The predicted molar refractivity (Wildman–Crippen MR) is 47.3 cm³/mol. The Balaban J connectivity index is 3.13. The lowest BCUT2D eigenvalue weighted by molar-refractivity contribution is 0.292. The van der Waals surface area contributed by atoms with Crippen LogP contribution in [0.2, 0.25) is 0 Å². The highest BCUT2D eigenvalue weighted by atomic mass is 15.1. The van der Waals surface area contributed by atoms with Crippen LogP contribution in [0.25, 0.3) is 0 Å². The fourth-order valence-corrected chi connectivity index (χ4v) is 0.948. The van der Waals surface area contributed by atoms with Gasteiger partial charge in [-0.15, -0.1) is 0 Å². The van der Waals surface area contributed by atoms with Crippen LogP contribution in [0, 0.1) is 0 Å². The van der Waals surface area contributed by atoms with Gasteiger partial charge in [0.15, 0.2) is 0 Å². The van der Waals surface area contributed by atoms with Crippen LogP contribution in [0.15, 0.2) is 0 Å². The molecule has 0 heterocycles. The summed E-state index contributed by atoms with van der Waals surface area (Å²) in [6, 6.07) is 0.756. The van der Waals surface area contributed by atoms with Crippen LogP contribution in [0.5, 0.6) is 0 Å². The maximum absolute atomic E-state index is 2.29. The van der Waals surface area contributed by atoms with Gasteiger partial charge in [0.25, 0.3) is 0 Å². The fraction of sp³-hybridized carbons (Fsp3) is 1.00. The molecule has 1 nitrogen and oxygen atoms in total. The first-order chi connectivity index (χ1) is 4.68. The third-order valence-electron chi connectivity index (χ3n) is 2.11. The average molecular weight is 143 g/mol. The van der Waals surface area contributed by atoms with Crippen LogP contribution in [0.3, 0.4) is 0 Å². The molecular weight excluding hydrogens is 122 g/mol. The van der Waals surface area contributed by atoms with Gasteiger partial charge in [-0.25, -0.2) is 0 Å². The van der Waals surface area contributed by atoms with Crippen molar-refractivity contribution in [1.29, 1.82) is 0 Å². The highest BCUT2D eigenvalue weighted by Gasteiger charge is 2.01. The van der Waals surface area contributed by atoms with Gasteiger partial charge in [0.1, 0.15) is 0 Å². The summed E-state index contributed by atoms with van der Waals surface area (Å²) in [7, 11) is 4.30. The van der Waals surface area contributed by atoms with Crippen LogP contribution < -0.4 is 0 Å². The summed E-state index contributed by atoms with van der Waals surface area (Å²) in [4.78, 5) is 2.29. The molecule has 1 unspecified atom stereocenters. The Morgan fingerprint density at radius 1 is 1.20 bits per heavy atom. The van der Waals surface area contributed by atoms with Crippen LogP contribution in [-0.4, -0.2) is 25.0 Å². The van der Waals surface area contributed by atoms with Gasteiger partial charge in [0.2, 0.25) is 0 Å². The van der Waals surface area contributed by atoms with Crippen LogP contribution in [-0.2, 0) is 0 Å². The molecule has 0 aromatic heterocycles. The minimum Gasteiger partial charge on any atom is -0.307 e. The zero-order valence-electron chi connectivity index (χ0n) is 7.85. The topological polar surface area (TPSA) is 3.24 Å². The van der Waals surface area contributed by atoms with Gasteiger partial charge >= 0.3 is 0 Å². The number of rotatable bonds is 5. The zero-order valence-corrected chi connectivity index (χ0v) is 7.85. The normalized spacial score (nSPS) is 14.1. The Morgan fingerprint density at radius 3 is 2.20 bits per heavy atom. The second kappa shape index (κ2) is 5.72. The molecule has 0 radical (unpaired) electrons. The van der Waals surface area contributed by atoms with Crippen molar-refractivity contribution in [2.24, 2.45) is 0 Å². The summed E-state index contributed by atoms with van der Waals surface area (Å²) >= 11 is 0. The smallest absolute Gasteiger partial charge is 0.00608 e. The molecule has 0 spiro atoms. The monoisotopic (exact) mass is 143 g/mol. The summed E-state index contributed by atoms with van der Waals surface area (Å²) in [5.74, 6) is 0. The molecule has 0 saturated carbocycles. The van der Waals surface area contributed by atoms with Crippen molar-refractivity contribution >= 4 is 0 Å². The van der Waals surface area contributed by atoms with Crippen molar-refractivity contribution < 1.29 is 0 Å². The Hall–Kier alpha value is -0.0400. The minimum absolute atomic E-state index is 0.756. The molecule has 0 amide bonds. The van der Waals surface area contributed by atoms with E-state index in [0.717, 1.165) is 6.04 Å². The molecule has 62 valence electrons. The first-order valence-corrected chi connectivity index (χ1v) is 4.35. The zero-order chi connectivity index (χ0) is 7.98. The Bertz CT molecular complexity index is 69.1. The molecule has 0 aliphatic heterocycles. The van der Waals surface area contributed by atoms with Crippen molar-refractivity contribution in [1.82, 2.24) is 4.90 Å². The molecule has 0 rings (SSSR count). The van der Waals surface area contributed by atoms with E-state index in [0.29, 0.717) is 0 Å². The second-order valence-electron chi connectivity index (χ2n) is 3.31. The molecule has 0 aromatic carbocycles. The van der Waals surface area contributed by atoms with E-state index in [1.165, 1.54) is 25.7 Å². The molecule has 0 saturated heterocycles. The SMILES string of the molecule is CCCCCC(C)N(C)C. The van der Waals surface area contributed by atoms with E-state index in [1.54, 1.807) is 0 Å². The summed E-state index contributed by atoms with van der Waals surface area (Å²) in [5.41, 5.74) is 0. The van der Waals surface area contributed by atoms with Crippen LogP contribution in [0.4, 0.5) is 0 Å². The van der Waals surface area contributed by atoms with Gasteiger partial charge in [-0.3, -0.25) is 0 Å². The molecule has 1 atom stereocenters. The number of hydrogen-bond donors (Lipinski definition) is 0. The highest BCUT2D eigenvalue weighted by molar-refractivity contribution is 4.58. The summed E-state index contributed by atoms with van der Waals surface area (Å²) in [6.45, 7) is 4.54. The lowest BCUT2D eigenvalue weighted by Gasteiger charge is -2.18. The van der Waals surface area contributed by atoms with E-state index in [-0.39, 0.29) is 0 Å². The predicted octanol–water partition coefficient (Wildman–Crippen LogP) is 2.52. The molecular formula is C9H21N. The molecule has 0 aromatic rings. The Kier molecular flexibility index (Phi) is 5.70. The van der Waals surface area contributed by atoms with Crippen LogP contribution >= 0.6 is 0 Å². The van der Waals surface area contributed by atoms with E-state index < -0.39 is 0 Å². The van der Waals surface area contributed by atoms with Crippen LogP contribution in [0.1, 0.15) is 39.5 Å². The van der Waals surface area contributed by atoms with Crippen molar-refractivity contribution in [2.45, 2.75) is 45.6 Å². The summed E-state index contributed by atoms with van der Waals surface area (Å²) in [6.07, 6.45) is 5.45. The van der Waals surface area contributed by atoms with E-state index >= 15 is 0 Å². The van der Waals surface area contributed by atoms with E-state index in [9.17, 15) is 0 Å². The van der Waals surface area contributed by atoms with Gasteiger partial charge in [-0.2, -0.15) is 0 Å². The van der Waals surface area contributed by atoms with Gasteiger partial charge in [0, 0.05) is 6.04 Å². The second-order valence-corrected chi connectivity index (χ2v) is 3.31. The molecule has 0 bridgehead atoms. The van der Waals surface area contributed by atoms with E-state index in [4.69, 9.17) is 0 Å². The van der Waals surface area contributed by atoms with Gasteiger partial charge in [-0.1, -0.05) is 26.2 Å². The van der Waals surface area contributed by atoms with Gasteiger partial charge < -0.3 is 4.90 Å². The minimum atomic E-state index is 0.756. The largest absolute Gasteiger partial charge is 0.307 e. The van der Waals surface area contributed by atoms with Crippen molar-refractivity contribution in [3.63, 3.8) is 0 Å². The quantitative estimate of drug-likeness (QED) is 0.534. The van der Waals surface area contributed by atoms with E-state index in [2.05, 4.69) is 32.8 Å². The van der Waals surface area contributed by atoms with Gasteiger partial charge in [-0.05, 0) is 27.4 Å². The summed E-state index contributed by atoms with van der Waals surface area (Å²) < 4.78 is 0. The lowest BCUT2D eigenvalue weighted by Crippen LogP contribution is -2.24. The third-order valence-corrected chi connectivity index (χ3v) is 2.11. The highest BCUT2D eigenvalue weighted by Crippen LogP contribution is 2.05. The average Bonchev–Trinajstić information content (AvgIpc) is 1.88. The van der Waals surface area contributed by atoms with Crippen molar-refractivity contribution in [3.05, 3.63) is 0 Å². The number of nitrogens with zero attached hydrogens (tertiary/aromatic N) is 1. The maximum atomic E-state index is 2.29. The number of hydrogen-bond acceptors (Lipinski definition) is 1. The van der Waals surface area contributed by atoms with Gasteiger partial charge in [0.05, 0.1) is 0 Å². The maximum Gasteiger partial charge on any atom is 0.00608 e. The molecule has 10 heavy (non-hydrogen) atoms. The fourth-order valence-electron chi connectivity index (χ4n) is 0.948.